The van der Waals surface area contributed by atoms with Crippen LogP contribution in [0.5, 0.6) is 5.75 Å². The van der Waals surface area contributed by atoms with E-state index in [0.29, 0.717) is 13.0 Å². The molecule has 4 nitrogen and oxygen atoms in total. The van der Waals surface area contributed by atoms with E-state index in [0.717, 1.165) is 25.3 Å². The van der Waals surface area contributed by atoms with Gasteiger partial charge < -0.3 is 15.4 Å². The largest absolute Gasteiger partial charge is 0.493 e. The highest BCUT2D eigenvalue weighted by Gasteiger charge is 2.03. The Kier molecular flexibility index (Phi) is 7.73. The van der Waals surface area contributed by atoms with Gasteiger partial charge in [0.25, 0.3) is 0 Å². The van der Waals surface area contributed by atoms with Crippen molar-refractivity contribution in [3.63, 3.8) is 0 Å². The van der Waals surface area contributed by atoms with Crippen LogP contribution in [-0.4, -0.2) is 25.1 Å². The fourth-order valence-corrected chi connectivity index (χ4v) is 1.81. The van der Waals surface area contributed by atoms with Crippen LogP contribution in [0.2, 0.25) is 0 Å². The lowest BCUT2D eigenvalue weighted by Crippen LogP contribution is -2.31. The standard InChI is InChI=1S/C16H26N2O2/c1-4-9-17-12-14-6-5-7-15(11-14)20-10-8-16(19)18-13(2)3/h5-7,11,13,17H,4,8-10,12H2,1-3H3,(H,18,19). The molecule has 20 heavy (non-hydrogen) atoms. The van der Waals surface area contributed by atoms with Gasteiger partial charge in [-0.1, -0.05) is 19.1 Å². The molecular formula is C16H26N2O2. The Hall–Kier alpha value is -1.55. The van der Waals surface area contributed by atoms with Crippen LogP contribution in [0.1, 0.15) is 39.2 Å². The third-order valence-corrected chi connectivity index (χ3v) is 2.70. The normalized spacial score (nSPS) is 10.6. The predicted octanol–water partition coefficient (Wildman–Crippen LogP) is 2.48. The third-order valence-electron chi connectivity index (χ3n) is 2.70. The molecule has 0 spiro atoms. The summed E-state index contributed by atoms with van der Waals surface area (Å²) >= 11 is 0. The molecule has 2 N–H and O–H groups in total. The lowest BCUT2D eigenvalue weighted by molar-refractivity contribution is -0.122. The van der Waals surface area contributed by atoms with Crippen LogP contribution in [-0.2, 0) is 11.3 Å². The number of hydrogen-bond acceptors (Lipinski definition) is 3. The van der Waals surface area contributed by atoms with E-state index in [4.69, 9.17) is 4.74 Å². The van der Waals surface area contributed by atoms with Gasteiger partial charge in [-0.15, -0.1) is 0 Å². The molecule has 0 aliphatic rings. The second kappa shape index (κ2) is 9.37. The number of hydrogen-bond donors (Lipinski definition) is 2. The molecule has 0 aliphatic heterocycles. The zero-order chi connectivity index (χ0) is 14.8. The monoisotopic (exact) mass is 278 g/mol. The van der Waals surface area contributed by atoms with Crippen molar-refractivity contribution in [3.8, 4) is 5.75 Å². The van der Waals surface area contributed by atoms with Crippen molar-refractivity contribution in [2.24, 2.45) is 0 Å². The quantitative estimate of drug-likeness (QED) is 0.682. The van der Waals surface area contributed by atoms with Crippen LogP contribution in [0, 0.1) is 0 Å². The first-order chi connectivity index (χ1) is 9.61. The molecule has 0 aliphatic carbocycles. The summed E-state index contributed by atoms with van der Waals surface area (Å²) in [4.78, 5) is 11.5. The Bertz CT molecular complexity index is 405. The van der Waals surface area contributed by atoms with Gasteiger partial charge in [-0.25, -0.2) is 0 Å². The second-order valence-corrected chi connectivity index (χ2v) is 5.14. The minimum Gasteiger partial charge on any atom is -0.493 e. The number of rotatable bonds is 9. The van der Waals surface area contributed by atoms with E-state index >= 15 is 0 Å². The lowest BCUT2D eigenvalue weighted by atomic mass is 10.2. The Balaban J connectivity index is 2.33. The fraction of sp³-hybridized carbons (Fsp3) is 0.562. The van der Waals surface area contributed by atoms with Gasteiger partial charge in [0, 0.05) is 12.6 Å². The van der Waals surface area contributed by atoms with Crippen molar-refractivity contribution in [1.82, 2.24) is 10.6 Å². The highest BCUT2D eigenvalue weighted by Crippen LogP contribution is 2.13. The Morgan fingerprint density at radius 1 is 1.35 bits per heavy atom. The van der Waals surface area contributed by atoms with Gasteiger partial charge in [-0.05, 0) is 44.5 Å². The van der Waals surface area contributed by atoms with E-state index in [-0.39, 0.29) is 11.9 Å². The van der Waals surface area contributed by atoms with Gasteiger partial charge in [-0.2, -0.15) is 0 Å². The minimum absolute atomic E-state index is 0.0285. The Morgan fingerprint density at radius 2 is 2.15 bits per heavy atom. The summed E-state index contributed by atoms with van der Waals surface area (Å²) in [7, 11) is 0. The molecule has 0 aromatic heterocycles. The molecule has 0 unspecified atom stereocenters. The lowest BCUT2D eigenvalue weighted by Gasteiger charge is -2.10. The summed E-state index contributed by atoms with van der Waals surface area (Å²) in [5, 5.41) is 6.20. The molecule has 112 valence electrons. The fourth-order valence-electron chi connectivity index (χ4n) is 1.81. The summed E-state index contributed by atoms with van der Waals surface area (Å²) < 4.78 is 5.62. The van der Waals surface area contributed by atoms with Gasteiger partial charge in [-0.3, -0.25) is 4.79 Å². The van der Waals surface area contributed by atoms with E-state index < -0.39 is 0 Å². The SMILES string of the molecule is CCCNCc1cccc(OCCC(=O)NC(C)C)c1. The predicted molar refractivity (Wildman–Crippen MR) is 81.8 cm³/mol. The highest BCUT2D eigenvalue weighted by molar-refractivity contribution is 5.76. The molecule has 1 rings (SSSR count). The average Bonchev–Trinajstić information content (AvgIpc) is 2.39. The molecule has 0 atom stereocenters. The molecule has 0 fully saturated rings. The first-order valence-corrected chi connectivity index (χ1v) is 7.33. The molecule has 0 saturated heterocycles. The Morgan fingerprint density at radius 3 is 2.85 bits per heavy atom. The average molecular weight is 278 g/mol. The van der Waals surface area contributed by atoms with Crippen LogP contribution in [0.3, 0.4) is 0 Å². The number of carbonyl (C=O) groups is 1. The van der Waals surface area contributed by atoms with Crippen molar-refractivity contribution in [1.29, 1.82) is 0 Å². The summed E-state index contributed by atoms with van der Waals surface area (Å²) in [6, 6.07) is 8.16. The van der Waals surface area contributed by atoms with Crippen LogP contribution < -0.4 is 15.4 Å². The van der Waals surface area contributed by atoms with Crippen LogP contribution >= 0.6 is 0 Å². The van der Waals surface area contributed by atoms with Crippen LogP contribution in [0.15, 0.2) is 24.3 Å². The smallest absolute Gasteiger partial charge is 0.223 e. The van der Waals surface area contributed by atoms with Gasteiger partial charge in [0.05, 0.1) is 13.0 Å². The maximum absolute atomic E-state index is 11.5. The van der Waals surface area contributed by atoms with Gasteiger partial charge in [0.1, 0.15) is 5.75 Å². The number of carbonyl (C=O) groups excluding carboxylic acids is 1. The second-order valence-electron chi connectivity index (χ2n) is 5.14. The van der Waals surface area contributed by atoms with Crippen molar-refractivity contribution >= 4 is 5.91 Å². The van der Waals surface area contributed by atoms with Crippen molar-refractivity contribution < 1.29 is 9.53 Å². The van der Waals surface area contributed by atoms with Crippen molar-refractivity contribution in [2.75, 3.05) is 13.2 Å². The van der Waals surface area contributed by atoms with Gasteiger partial charge in [0.2, 0.25) is 5.91 Å². The number of nitrogens with one attached hydrogen (secondary N) is 2. The zero-order valence-electron chi connectivity index (χ0n) is 12.7. The molecule has 0 heterocycles. The molecule has 0 radical (unpaired) electrons. The highest BCUT2D eigenvalue weighted by atomic mass is 16.5. The summed E-state index contributed by atoms with van der Waals surface area (Å²) in [6.45, 7) is 8.32. The Labute approximate surface area is 121 Å². The molecule has 4 heteroatoms. The van der Waals surface area contributed by atoms with E-state index in [1.54, 1.807) is 0 Å². The van der Waals surface area contributed by atoms with Crippen LogP contribution in [0.25, 0.3) is 0 Å². The maximum atomic E-state index is 11.5. The van der Waals surface area contributed by atoms with E-state index in [2.05, 4.69) is 23.6 Å². The summed E-state index contributed by atoms with van der Waals surface area (Å²) in [6.07, 6.45) is 1.51. The van der Waals surface area contributed by atoms with Crippen LogP contribution in [0.4, 0.5) is 0 Å². The minimum atomic E-state index is 0.0285. The third kappa shape index (κ3) is 7.14. The van der Waals surface area contributed by atoms with E-state index in [1.165, 1.54) is 5.56 Å². The van der Waals surface area contributed by atoms with E-state index in [1.807, 2.05) is 32.0 Å². The molecule has 0 bridgehead atoms. The number of amides is 1. The molecular weight excluding hydrogens is 252 g/mol. The zero-order valence-corrected chi connectivity index (χ0v) is 12.7. The van der Waals surface area contributed by atoms with E-state index in [9.17, 15) is 4.79 Å². The first kappa shape index (κ1) is 16.5. The first-order valence-electron chi connectivity index (χ1n) is 7.33. The summed E-state index contributed by atoms with van der Waals surface area (Å²) in [5.74, 6) is 0.846. The van der Waals surface area contributed by atoms with Gasteiger partial charge in [0.15, 0.2) is 0 Å². The van der Waals surface area contributed by atoms with Crippen molar-refractivity contribution in [3.05, 3.63) is 29.8 Å². The maximum Gasteiger partial charge on any atom is 0.223 e. The molecule has 1 aromatic carbocycles. The summed E-state index contributed by atoms with van der Waals surface area (Å²) in [5.41, 5.74) is 1.20. The van der Waals surface area contributed by atoms with Gasteiger partial charge >= 0.3 is 0 Å². The number of ether oxygens (including phenoxy) is 1. The molecule has 0 saturated carbocycles. The number of benzene rings is 1. The topological polar surface area (TPSA) is 50.4 Å². The molecule has 1 amide bonds. The van der Waals surface area contributed by atoms with Crippen molar-refractivity contribution in [2.45, 2.75) is 46.2 Å². The molecule has 1 aromatic rings.